The van der Waals surface area contributed by atoms with Crippen molar-refractivity contribution < 1.29 is 94.7 Å². The second-order valence-electron chi connectivity index (χ2n) is 27.6. The third-order valence-electron chi connectivity index (χ3n) is 17.5. The molecule has 7 rings (SSSR count). The van der Waals surface area contributed by atoms with Crippen molar-refractivity contribution in [1.82, 2.24) is 46.3 Å². The molecule has 0 unspecified atom stereocenters. The minimum Gasteiger partial charge on any atom is -0.481 e. The minimum absolute atomic E-state index is 0.0198. The van der Waals surface area contributed by atoms with Crippen LogP contribution in [0.15, 0.2) is 138 Å². The Morgan fingerprint density at radius 3 is 1.94 bits per heavy atom. The highest BCUT2D eigenvalue weighted by Crippen LogP contribution is 2.41. The van der Waals surface area contributed by atoms with Crippen LogP contribution in [0.5, 0.6) is 0 Å². The number of carbonyl (C=O) groups is 10. The Balaban J connectivity index is 0.778. The second kappa shape index (κ2) is 42.8. The van der Waals surface area contributed by atoms with E-state index in [1.807, 2.05) is 62.6 Å². The summed E-state index contributed by atoms with van der Waals surface area (Å²) in [5.41, 5.74) is 2.44. The Hall–Kier alpha value is -11.1. The molecule has 1 aromatic heterocycles. The number of nitrogens with zero attached hydrogens (tertiary/aromatic N) is 3. The van der Waals surface area contributed by atoms with Gasteiger partial charge in [0.25, 0.3) is 10.0 Å². The Morgan fingerprint density at radius 2 is 1.29 bits per heavy atom. The fourth-order valence-electron chi connectivity index (χ4n) is 12.3. The van der Waals surface area contributed by atoms with Crippen LogP contribution in [0.4, 0.5) is 45.9 Å². The molecule has 2 heterocycles. The van der Waals surface area contributed by atoms with Crippen LogP contribution in [0.1, 0.15) is 115 Å². The highest BCUT2D eigenvalue weighted by atomic mass is 32.2. The van der Waals surface area contributed by atoms with Gasteiger partial charge in [-0.05, 0) is 127 Å². The summed E-state index contributed by atoms with van der Waals surface area (Å²) in [7, 11) is -4.19. The summed E-state index contributed by atoms with van der Waals surface area (Å²) in [5, 5.41) is 53.6. The predicted molar refractivity (Wildman–Crippen MR) is 408 cm³/mol. The third kappa shape index (κ3) is 27.8. The number of ether oxygens (including phenoxy) is 3. The molecular weight excluding hydrogens is 1460 g/mol. The number of rotatable bonds is 42. The lowest BCUT2D eigenvalue weighted by molar-refractivity contribution is -0.146. The summed E-state index contributed by atoms with van der Waals surface area (Å²) in [6.07, 6.45) is 1.55. The standard InChI is InChI=1S/C77H99F2N13O18S/c1-7-29-81-74(103)85-56-18-12-20-58(43-56)111(106,107)89-57-19-11-17-51(40-57)61(44-67(96)97)87-76(105)84-55-25-23-54(24-26-55)83-75(104)82-31-35-109-37-39-110-38-36-108-34-28-65(94)86-62(45-68(98)99)73(102)91-32-13-21-63(91)71(100)88-69(49(2)3)72(101)80-30-14-33-92(66(95)48-93)70(77(4,5)6)64-41-52(59-42-53(78)22-27-60(59)79)47-90(64)46-50-15-9-8-10-16-50/h8-12,15-20,22-27,40-43,47,49,61-63,69-70,89,93H,7,13-14,21,28-39,44-46,48H2,1-6H3,(H,80,101)(H,86,94)(H,88,100)(H,96,97)(H,98,99)(H2,81,85,103)(H2,82,83,104)(H2,84,87,105)/t61-,62+,63+,69+,70+/m1/s1. The number of aromatic nitrogens is 1. The molecule has 0 radical (unpaired) electrons. The number of aliphatic hydroxyl groups excluding tert-OH is 1. The molecule has 31 nitrogen and oxygen atoms in total. The lowest BCUT2D eigenvalue weighted by atomic mass is 9.83. The van der Waals surface area contributed by atoms with Gasteiger partial charge < -0.3 is 91.7 Å². The van der Waals surface area contributed by atoms with E-state index in [0.29, 0.717) is 42.9 Å². The fourth-order valence-corrected chi connectivity index (χ4v) is 13.4. The maximum Gasteiger partial charge on any atom is 0.319 e. The highest BCUT2D eigenvalue weighted by molar-refractivity contribution is 7.92. The molecule has 1 aliphatic rings. The molecule has 5 aromatic carbocycles. The van der Waals surface area contributed by atoms with Gasteiger partial charge in [0.15, 0.2) is 0 Å². The van der Waals surface area contributed by atoms with Crippen molar-refractivity contribution in [2.45, 2.75) is 128 Å². The lowest BCUT2D eigenvalue weighted by Gasteiger charge is -2.41. The fraction of sp³-hybridized carbons (Fsp3) is 0.429. The first-order valence-electron chi connectivity index (χ1n) is 36.4. The van der Waals surface area contributed by atoms with Gasteiger partial charge in [0.1, 0.15) is 36.4 Å². The SMILES string of the molecule is CCCNC(=O)Nc1cccc(S(=O)(=O)Nc2cccc([C@@H](CC(=O)O)NC(=O)Nc3ccc(NC(=O)NCCOCCOCCOCCC(=O)N[C@@H](CC(=O)O)C(=O)N4CCC[C@H]4C(=O)N[C@H](C(=O)NCCCN(C(=O)CO)[C@@H](c4cc(-c5cc(F)ccc5F)cn4Cc4ccccc4)C(C)(C)C)C(C)C)cc3)c2)c1. The van der Waals surface area contributed by atoms with E-state index < -0.39 is 142 Å². The number of aliphatic hydroxyl groups is 1. The van der Waals surface area contributed by atoms with E-state index >= 15 is 4.39 Å². The zero-order valence-corrected chi connectivity index (χ0v) is 63.6. The number of aliphatic carboxylic acids is 2. The quantitative estimate of drug-likeness (QED) is 0.0162. The number of hydrogen-bond donors (Lipinski definition) is 13. The number of carbonyl (C=O) groups excluding carboxylic acids is 8. The number of nitrogens with one attached hydrogen (secondary N) is 10. The molecule has 1 aliphatic heterocycles. The van der Waals surface area contributed by atoms with E-state index in [1.165, 1.54) is 82.6 Å². The lowest BCUT2D eigenvalue weighted by Crippen LogP contribution is -2.57. The van der Waals surface area contributed by atoms with E-state index in [0.717, 1.165) is 23.8 Å². The average Bonchev–Trinajstić information content (AvgIpc) is 1.64. The van der Waals surface area contributed by atoms with Gasteiger partial charge in [-0.3, -0.25) is 38.3 Å². The zero-order valence-electron chi connectivity index (χ0n) is 62.8. The molecule has 1 fully saturated rings. The van der Waals surface area contributed by atoms with Gasteiger partial charge in [0, 0.05) is 91.5 Å². The normalized spacial score (nSPS) is 13.9. The van der Waals surface area contributed by atoms with E-state index in [2.05, 4.69) is 52.6 Å². The Bertz CT molecular complexity index is 4280. The highest BCUT2D eigenvalue weighted by Gasteiger charge is 2.41. The molecule has 11 amide bonds. The molecule has 34 heteroatoms. The third-order valence-corrected chi connectivity index (χ3v) is 18.9. The smallest absolute Gasteiger partial charge is 0.319 e. The molecule has 0 aliphatic carbocycles. The second-order valence-corrected chi connectivity index (χ2v) is 29.3. The molecule has 111 heavy (non-hydrogen) atoms. The molecule has 0 spiro atoms. The monoisotopic (exact) mass is 1560 g/mol. The Morgan fingerprint density at radius 1 is 0.658 bits per heavy atom. The largest absolute Gasteiger partial charge is 0.481 e. The number of likely N-dealkylation sites (tertiary alicyclic amines) is 1. The summed E-state index contributed by atoms with van der Waals surface area (Å²) in [6, 6.07) is 24.4. The zero-order chi connectivity index (χ0) is 80.8. The number of sulfonamides is 1. The molecule has 6 aromatic rings. The Kier molecular flexibility index (Phi) is 33.6. The molecule has 1 saturated heterocycles. The van der Waals surface area contributed by atoms with Crippen molar-refractivity contribution >= 4 is 92.3 Å². The topological polar surface area (TPSA) is 425 Å². The van der Waals surface area contributed by atoms with Crippen LogP contribution in [-0.4, -0.2) is 195 Å². The van der Waals surface area contributed by atoms with Crippen LogP contribution in [0.2, 0.25) is 0 Å². The summed E-state index contributed by atoms with van der Waals surface area (Å²) in [5.74, 6) is -7.70. The van der Waals surface area contributed by atoms with E-state index in [1.54, 1.807) is 26.1 Å². The van der Waals surface area contributed by atoms with Crippen molar-refractivity contribution in [3.63, 3.8) is 0 Å². The van der Waals surface area contributed by atoms with Crippen molar-refractivity contribution in [2.24, 2.45) is 11.3 Å². The maximum atomic E-state index is 15.3. The van der Waals surface area contributed by atoms with E-state index in [4.69, 9.17) is 14.2 Å². The summed E-state index contributed by atoms with van der Waals surface area (Å²) in [6.45, 7) is 11.7. The van der Waals surface area contributed by atoms with Crippen LogP contribution < -0.4 is 52.6 Å². The van der Waals surface area contributed by atoms with Crippen molar-refractivity contribution in [1.29, 1.82) is 0 Å². The summed E-state index contributed by atoms with van der Waals surface area (Å²) < 4.78 is 77.4. The molecule has 13 N–H and O–H groups in total. The average molecular weight is 1560 g/mol. The van der Waals surface area contributed by atoms with E-state index in [-0.39, 0.29) is 118 Å². The number of urea groups is 3. The van der Waals surface area contributed by atoms with Gasteiger partial charge in [0.05, 0.1) is 69.5 Å². The molecule has 5 atom stereocenters. The van der Waals surface area contributed by atoms with Crippen LogP contribution in [-0.2, 0) is 64.3 Å². The van der Waals surface area contributed by atoms with E-state index in [9.17, 15) is 76.1 Å². The van der Waals surface area contributed by atoms with Crippen LogP contribution >= 0.6 is 0 Å². The number of amides is 11. The number of hydrogen-bond acceptors (Lipinski definition) is 16. The first kappa shape index (κ1) is 87.2. The molecule has 0 bridgehead atoms. The molecule has 600 valence electrons. The van der Waals surface area contributed by atoms with Crippen LogP contribution in [0.25, 0.3) is 11.1 Å². The molecule has 0 saturated carbocycles. The number of halogens is 2. The predicted octanol–water partition coefficient (Wildman–Crippen LogP) is 7.92. The maximum absolute atomic E-state index is 15.3. The van der Waals surface area contributed by atoms with Crippen molar-refractivity contribution in [3.8, 4) is 11.1 Å². The van der Waals surface area contributed by atoms with Gasteiger partial charge in [-0.1, -0.05) is 90.1 Å². The number of carboxylic acids is 2. The van der Waals surface area contributed by atoms with Gasteiger partial charge in [-0.25, -0.2) is 31.6 Å². The van der Waals surface area contributed by atoms with Gasteiger partial charge in [-0.15, -0.1) is 0 Å². The Labute approximate surface area is 642 Å². The number of carboxylic acid groups (broad SMARTS) is 2. The summed E-state index contributed by atoms with van der Waals surface area (Å²) >= 11 is 0. The van der Waals surface area contributed by atoms with Gasteiger partial charge >= 0.3 is 30.0 Å². The first-order chi connectivity index (χ1) is 52.9. The van der Waals surface area contributed by atoms with Crippen LogP contribution in [0.3, 0.4) is 0 Å². The van der Waals surface area contributed by atoms with Crippen molar-refractivity contribution in [2.75, 3.05) is 99.6 Å². The first-order valence-corrected chi connectivity index (χ1v) is 37.9. The summed E-state index contributed by atoms with van der Waals surface area (Å²) in [4.78, 5) is 133. The van der Waals surface area contributed by atoms with Crippen molar-refractivity contribution in [3.05, 3.63) is 162 Å². The van der Waals surface area contributed by atoms with Crippen LogP contribution in [0, 0.1) is 23.0 Å². The van der Waals surface area contributed by atoms with Gasteiger partial charge in [0.2, 0.25) is 29.5 Å². The number of benzene rings is 5. The number of anilines is 4. The minimum atomic E-state index is -4.19. The van der Waals surface area contributed by atoms with Gasteiger partial charge in [-0.2, -0.15) is 0 Å². The molecular formula is C77H99F2N13O18S.